The van der Waals surface area contributed by atoms with Crippen LogP contribution in [0.15, 0.2) is 49.1 Å². The van der Waals surface area contributed by atoms with Gasteiger partial charge in [0, 0.05) is 42.3 Å². The quantitative estimate of drug-likeness (QED) is 0.738. The Morgan fingerprint density at radius 3 is 3.14 bits per heavy atom. The van der Waals surface area contributed by atoms with E-state index in [0.717, 1.165) is 42.8 Å². The number of ether oxygens (including phenoxy) is 1. The molecule has 0 radical (unpaired) electrons. The smallest absolute Gasteiger partial charge is 0.140 e. The number of fused-ring (bicyclic) bond motifs is 1. The highest BCUT2D eigenvalue weighted by molar-refractivity contribution is 5.94. The minimum absolute atomic E-state index is 0.314. The lowest BCUT2D eigenvalue weighted by Crippen LogP contribution is -2.15. The van der Waals surface area contributed by atoms with Gasteiger partial charge in [-0.25, -0.2) is 4.98 Å². The standard InChI is InChI=1S/C17H17N3O/c1-3-13-11-18-7-6-15(13)16(5-1)17-19-8-9-20(17)12-14-4-2-10-21-14/h1,3,5-9,11,14H,2,4,10,12H2/t14-/m0/s1. The molecule has 0 saturated carbocycles. The van der Waals surface area contributed by atoms with E-state index in [1.165, 1.54) is 5.39 Å². The summed E-state index contributed by atoms with van der Waals surface area (Å²) in [5.74, 6) is 1.00. The second-order valence-electron chi connectivity index (χ2n) is 5.44. The molecule has 1 atom stereocenters. The molecule has 1 aliphatic heterocycles. The highest BCUT2D eigenvalue weighted by atomic mass is 16.5. The molecule has 3 aromatic rings. The van der Waals surface area contributed by atoms with Gasteiger partial charge in [0.15, 0.2) is 0 Å². The van der Waals surface area contributed by atoms with Crippen molar-refractivity contribution in [2.45, 2.75) is 25.5 Å². The molecule has 0 N–H and O–H groups in total. The molecule has 4 nitrogen and oxygen atoms in total. The van der Waals surface area contributed by atoms with Crippen molar-refractivity contribution in [1.29, 1.82) is 0 Å². The first-order valence-corrected chi connectivity index (χ1v) is 7.38. The first-order chi connectivity index (χ1) is 10.4. The summed E-state index contributed by atoms with van der Waals surface area (Å²) in [6.07, 6.45) is 10.2. The summed E-state index contributed by atoms with van der Waals surface area (Å²) >= 11 is 0. The summed E-state index contributed by atoms with van der Waals surface area (Å²) in [6.45, 7) is 1.76. The highest BCUT2D eigenvalue weighted by Crippen LogP contribution is 2.27. The lowest BCUT2D eigenvalue weighted by molar-refractivity contribution is 0.0974. The molecule has 0 aliphatic carbocycles. The molecule has 0 spiro atoms. The van der Waals surface area contributed by atoms with Gasteiger partial charge >= 0.3 is 0 Å². The number of benzene rings is 1. The molecule has 4 rings (SSSR count). The van der Waals surface area contributed by atoms with Crippen LogP contribution in [0.3, 0.4) is 0 Å². The summed E-state index contributed by atoms with van der Waals surface area (Å²) in [5.41, 5.74) is 1.15. The van der Waals surface area contributed by atoms with Crippen LogP contribution in [0.4, 0.5) is 0 Å². The lowest BCUT2D eigenvalue weighted by Gasteiger charge is -2.14. The monoisotopic (exact) mass is 279 g/mol. The summed E-state index contributed by atoms with van der Waals surface area (Å²) in [6, 6.07) is 8.32. The molecule has 0 unspecified atom stereocenters. The van der Waals surface area contributed by atoms with Crippen molar-refractivity contribution in [3.63, 3.8) is 0 Å². The van der Waals surface area contributed by atoms with Crippen LogP contribution in [-0.2, 0) is 11.3 Å². The van der Waals surface area contributed by atoms with Crippen LogP contribution in [0.1, 0.15) is 12.8 Å². The van der Waals surface area contributed by atoms with Gasteiger partial charge in [0.2, 0.25) is 0 Å². The van der Waals surface area contributed by atoms with E-state index < -0.39 is 0 Å². The Morgan fingerprint density at radius 2 is 2.24 bits per heavy atom. The van der Waals surface area contributed by atoms with Crippen molar-refractivity contribution in [2.75, 3.05) is 6.61 Å². The highest BCUT2D eigenvalue weighted by Gasteiger charge is 2.18. The molecule has 0 amide bonds. The molecule has 1 aliphatic rings. The summed E-state index contributed by atoms with van der Waals surface area (Å²) < 4.78 is 7.95. The van der Waals surface area contributed by atoms with Crippen molar-refractivity contribution in [1.82, 2.24) is 14.5 Å². The number of hydrogen-bond donors (Lipinski definition) is 0. The van der Waals surface area contributed by atoms with E-state index in [2.05, 4.69) is 38.8 Å². The van der Waals surface area contributed by atoms with Gasteiger partial charge in [-0.3, -0.25) is 4.98 Å². The third kappa shape index (κ3) is 2.32. The summed E-state index contributed by atoms with van der Waals surface area (Å²) in [7, 11) is 0. The van der Waals surface area contributed by atoms with Gasteiger partial charge in [-0.1, -0.05) is 18.2 Å². The van der Waals surface area contributed by atoms with Crippen LogP contribution >= 0.6 is 0 Å². The van der Waals surface area contributed by atoms with Crippen molar-refractivity contribution in [3.05, 3.63) is 49.1 Å². The largest absolute Gasteiger partial charge is 0.376 e. The Labute approximate surface area is 123 Å². The van der Waals surface area contributed by atoms with E-state index in [4.69, 9.17) is 4.74 Å². The van der Waals surface area contributed by atoms with Gasteiger partial charge < -0.3 is 9.30 Å². The van der Waals surface area contributed by atoms with E-state index >= 15 is 0 Å². The number of pyridine rings is 1. The zero-order chi connectivity index (χ0) is 14.1. The number of hydrogen-bond acceptors (Lipinski definition) is 3. The van der Waals surface area contributed by atoms with Gasteiger partial charge in [0.05, 0.1) is 12.6 Å². The fourth-order valence-corrected chi connectivity index (χ4v) is 3.03. The molecule has 3 heterocycles. The maximum absolute atomic E-state index is 5.75. The average molecular weight is 279 g/mol. The minimum atomic E-state index is 0.314. The Kier molecular flexibility index (Phi) is 3.16. The molecule has 106 valence electrons. The van der Waals surface area contributed by atoms with Crippen LogP contribution in [0, 0.1) is 0 Å². The van der Waals surface area contributed by atoms with E-state index in [9.17, 15) is 0 Å². The maximum Gasteiger partial charge on any atom is 0.140 e. The Bertz CT molecular complexity index is 754. The first kappa shape index (κ1) is 12.5. The average Bonchev–Trinajstić information content (AvgIpc) is 3.19. The van der Waals surface area contributed by atoms with Crippen LogP contribution in [0.2, 0.25) is 0 Å². The van der Waals surface area contributed by atoms with Gasteiger partial charge in [-0.2, -0.15) is 0 Å². The maximum atomic E-state index is 5.75. The molecule has 1 aromatic carbocycles. The molecule has 0 bridgehead atoms. The van der Waals surface area contributed by atoms with E-state index in [1.54, 1.807) is 0 Å². The number of nitrogens with zero attached hydrogens (tertiary/aromatic N) is 3. The van der Waals surface area contributed by atoms with Gasteiger partial charge in [0.25, 0.3) is 0 Å². The molecular weight excluding hydrogens is 262 g/mol. The Morgan fingerprint density at radius 1 is 1.24 bits per heavy atom. The number of rotatable bonds is 3. The Balaban J connectivity index is 1.77. The molecule has 2 aromatic heterocycles. The lowest BCUT2D eigenvalue weighted by atomic mass is 10.1. The van der Waals surface area contributed by atoms with Crippen molar-refractivity contribution in [2.24, 2.45) is 0 Å². The predicted octanol–water partition coefficient (Wildman–Crippen LogP) is 3.28. The second-order valence-corrected chi connectivity index (χ2v) is 5.44. The number of imidazole rings is 1. The fourth-order valence-electron chi connectivity index (χ4n) is 3.03. The van der Waals surface area contributed by atoms with Gasteiger partial charge in [-0.15, -0.1) is 0 Å². The van der Waals surface area contributed by atoms with Crippen molar-refractivity contribution >= 4 is 10.8 Å². The van der Waals surface area contributed by atoms with Gasteiger partial charge in [-0.05, 0) is 24.3 Å². The minimum Gasteiger partial charge on any atom is -0.376 e. The molecule has 4 heteroatoms. The van der Waals surface area contributed by atoms with Crippen LogP contribution in [0.5, 0.6) is 0 Å². The van der Waals surface area contributed by atoms with Crippen LogP contribution in [-0.4, -0.2) is 27.2 Å². The van der Waals surface area contributed by atoms with E-state index in [-0.39, 0.29) is 0 Å². The zero-order valence-corrected chi connectivity index (χ0v) is 11.8. The van der Waals surface area contributed by atoms with Crippen molar-refractivity contribution < 1.29 is 4.74 Å². The Hall–Kier alpha value is -2.20. The predicted molar refractivity (Wildman–Crippen MR) is 81.9 cm³/mol. The van der Waals surface area contributed by atoms with E-state index in [0.29, 0.717) is 6.10 Å². The molecule has 21 heavy (non-hydrogen) atoms. The summed E-state index contributed by atoms with van der Waals surface area (Å²) in [5, 5.41) is 2.33. The van der Waals surface area contributed by atoms with E-state index in [1.807, 2.05) is 24.8 Å². The topological polar surface area (TPSA) is 39.9 Å². The first-order valence-electron chi connectivity index (χ1n) is 7.38. The molecule has 1 saturated heterocycles. The second kappa shape index (κ2) is 5.30. The SMILES string of the molecule is c1cc(-c2nccn2C[C@@H]2CCCO2)c2ccncc2c1. The van der Waals surface area contributed by atoms with Crippen LogP contribution in [0.25, 0.3) is 22.2 Å². The molecule has 1 fully saturated rings. The van der Waals surface area contributed by atoms with Gasteiger partial charge in [0.1, 0.15) is 5.82 Å². The number of aromatic nitrogens is 3. The van der Waals surface area contributed by atoms with Crippen LogP contribution < -0.4 is 0 Å². The van der Waals surface area contributed by atoms with Crippen molar-refractivity contribution in [3.8, 4) is 11.4 Å². The molecular formula is C17H17N3O. The third-order valence-corrected chi connectivity index (χ3v) is 4.06. The normalized spacial score (nSPS) is 18.4. The zero-order valence-electron chi connectivity index (χ0n) is 11.8. The summed E-state index contributed by atoms with van der Waals surface area (Å²) in [4.78, 5) is 8.76. The fraction of sp³-hybridized carbons (Fsp3) is 0.294. The third-order valence-electron chi connectivity index (χ3n) is 4.06.